The standard InChI is InChI=1S/C6H15N.2H3N.HO3P/c1-4-7(5-2)6-3;;;1-4(2)3/h4-6H2,1-3H3;2*1H3;(H,1,2,3)/p+1. The van der Waals surface area contributed by atoms with Gasteiger partial charge in [0, 0.05) is 0 Å². The van der Waals surface area contributed by atoms with Crippen LogP contribution in [0.2, 0.25) is 0 Å². The summed E-state index contributed by atoms with van der Waals surface area (Å²) in [6.07, 6.45) is 0. The van der Waals surface area contributed by atoms with Crippen LogP contribution in [0.25, 0.3) is 0 Å². The molecule has 0 aliphatic heterocycles. The fourth-order valence-corrected chi connectivity index (χ4v) is 0.671. The lowest BCUT2D eigenvalue weighted by molar-refractivity contribution is -0.297. The zero-order valence-electron chi connectivity index (χ0n) is 9.24. The molecule has 0 saturated carbocycles. The average molecular weight is 216 g/mol. The maximum absolute atomic E-state index is 8.48. The molecule has 0 aromatic carbocycles. The Hall–Kier alpha value is -0.100. The highest BCUT2D eigenvalue weighted by Gasteiger charge is 1.89. The van der Waals surface area contributed by atoms with E-state index in [9.17, 15) is 0 Å². The molecule has 0 bridgehead atoms. The lowest BCUT2D eigenvalue weighted by Crippen LogP contribution is -2.21. The van der Waals surface area contributed by atoms with E-state index >= 15 is 0 Å². The first-order chi connectivity index (χ1) is 5.08. The highest BCUT2D eigenvalue weighted by atomic mass is 31.1. The molecule has 0 spiro atoms. The molecule has 0 aromatic rings. The van der Waals surface area contributed by atoms with Crippen LogP contribution in [0, 0.1) is 0 Å². The summed E-state index contributed by atoms with van der Waals surface area (Å²) in [7, 11) is -3.37. The van der Waals surface area contributed by atoms with E-state index in [-0.39, 0.29) is 12.3 Å². The fraction of sp³-hybridized carbons (Fsp3) is 1.00. The summed E-state index contributed by atoms with van der Waals surface area (Å²) < 4.78 is 8.48. The molecule has 0 fully saturated rings. The molecule has 0 aliphatic carbocycles. The molecule has 0 unspecified atom stereocenters. The Balaban J connectivity index is -0.0000000600. The van der Waals surface area contributed by atoms with E-state index in [2.05, 4.69) is 25.7 Å². The van der Waals surface area contributed by atoms with Crippen LogP contribution in [0.1, 0.15) is 20.8 Å². The highest BCUT2D eigenvalue weighted by Crippen LogP contribution is 1.81. The van der Waals surface area contributed by atoms with Crippen molar-refractivity contribution in [1.82, 2.24) is 17.2 Å². The Morgan fingerprint density at radius 1 is 1.00 bits per heavy atom. The van der Waals surface area contributed by atoms with Gasteiger partial charge in [-0.05, 0) is 19.6 Å². The first-order valence-electron chi connectivity index (χ1n) is 3.62. The highest BCUT2D eigenvalue weighted by molar-refractivity contribution is 7.27. The van der Waals surface area contributed by atoms with Gasteiger partial charge < -0.3 is 27.0 Å². The molecular weight excluding hydrogens is 193 g/mol. The van der Waals surface area contributed by atoms with E-state index in [1.807, 2.05) is 0 Å². The van der Waals surface area contributed by atoms with Gasteiger partial charge in [0.05, 0.1) is 0 Å². The van der Waals surface area contributed by atoms with Crippen LogP contribution in [-0.4, -0.2) is 24.5 Å². The molecule has 0 aliphatic rings. The first-order valence-corrected chi connectivity index (χ1v) is 4.71. The van der Waals surface area contributed by atoms with Crippen LogP contribution in [0.5, 0.6) is 0 Å². The Bertz CT molecular complexity index is 91.6. The molecule has 6 nitrogen and oxygen atoms in total. The second-order valence-electron chi connectivity index (χ2n) is 1.84. The summed E-state index contributed by atoms with van der Waals surface area (Å²) in [5.41, 5.74) is 0. The molecule has 0 heterocycles. The van der Waals surface area contributed by atoms with Crippen molar-refractivity contribution in [3.05, 3.63) is 0 Å². The molecule has 0 saturated heterocycles. The van der Waals surface area contributed by atoms with Crippen LogP contribution in [-0.2, 0) is 4.57 Å². The van der Waals surface area contributed by atoms with Crippen molar-refractivity contribution in [2.75, 3.05) is 19.6 Å². The second kappa shape index (κ2) is 17.8. The summed E-state index contributed by atoms with van der Waals surface area (Å²) in [5.74, 6) is 0. The van der Waals surface area contributed by atoms with Crippen LogP contribution >= 0.6 is 8.25 Å². The minimum absolute atomic E-state index is 0. The first kappa shape index (κ1) is 23.1. The Kier molecular flexibility index (Phi) is 31.7. The lowest BCUT2D eigenvalue weighted by Gasteiger charge is -2.13. The fourth-order valence-electron chi connectivity index (χ4n) is 0.671. The molecule has 7 heteroatoms. The topological polar surface area (TPSA) is 139 Å². The van der Waals surface area contributed by atoms with Gasteiger partial charge in [-0.25, -0.2) is 0 Å². The Labute approximate surface area is 81.1 Å². The smallest absolute Gasteiger partial charge is 0.276 e. The maximum atomic E-state index is 8.48. The van der Waals surface area contributed by atoms with Gasteiger partial charge in [-0.1, -0.05) is 25.3 Å². The summed E-state index contributed by atoms with van der Waals surface area (Å²) in [5, 5.41) is 0. The summed E-state index contributed by atoms with van der Waals surface area (Å²) in [4.78, 5) is 19.3. The quantitative estimate of drug-likeness (QED) is 0.661. The van der Waals surface area contributed by atoms with E-state index < -0.39 is 8.25 Å². The van der Waals surface area contributed by atoms with E-state index in [4.69, 9.17) is 14.4 Å². The number of nitrogens with zero attached hydrogens (tertiary/aromatic N) is 1. The van der Waals surface area contributed by atoms with Gasteiger partial charge in [0.15, 0.2) is 0 Å². The molecule has 13 heavy (non-hydrogen) atoms. The third kappa shape index (κ3) is 33.5. The van der Waals surface area contributed by atoms with Crippen LogP contribution in [0.3, 0.4) is 0 Å². The van der Waals surface area contributed by atoms with Crippen molar-refractivity contribution >= 4 is 8.25 Å². The lowest BCUT2D eigenvalue weighted by atomic mass is 10.5. The maximum Gasteiger partial charge on any atom is 0.276 e. The van der Waals surface area contributed by atoms with E-state index in [1.165, 1.54) is 19.6 Å². The normalized spacial score (nSPS) is 7.54. The number of hydrogen-bond donors (Lipinski definition) is 2. The van der Waals surface area contributed by atoms with Gasteiger partial charge in [0.2, 0.25) is 0 Å². The number of rotatable bonds is 3. The molecule has 0 amide bonds. The largest absolute Gasteiger partial charge is 0.598 e. The molecule has 0 atom stereocenters. The van der Waals surface area contributed by atoms with E-state index in [0.29, 0.717) is 0 Å². The van der Waals surface area contributed by atoms with Crippen molar-refractivity contribution in [3.63, 3.8) is 0 Å². The van der Waals surface area contributed by atoms with Gasteiger partial charge in [0.25, 0.3) is 8.25 Å². The number of hydrogen-bond acceptors (Lipinski definition) is 4. The van der Waals surface area contributed by atoms with E-state index in [1.54, 1.807) is 0 Å². The molecule has 84 valence electrons. The van der Waals surface area contributed by atoms with Crippen LogP contribution < -0.4 is 22.1 Å². The molecule has 0 rings (SSSR count). The molecule has 0 radical (unpaired) electrons. The zero-order chi connectivity index (χ0) is 9.28. The SMILES string of the molecule is CCN(CC)CC.O=[P+]([O-])[O-].[NH4+].[NH4+]. The Morgan fingerprint density at radius 2 is 1.15 bits per heavy atom. The predicted molar refractivity (Wildman–Crippen MR) is 53.0 cm³/mol. The molecule has 8 N–H and O–H groups in total. The number of quaternary nitrogens is 2. The molecular formula is C6H23N3O3P+. The second-order valence-corrected chi connectivity index (χ2v) is 2.29. The minimum Gasteiger partial charge on any atom is -0.598 e. The van der Waals surface area contributed by atoms with Crippen LogP contribution in [0.4, 0.5) is 0 Å². The van der Waals surface area contributed by atoms with E-state index in [0.717, 1.165) is 0 Å². The predicted octanol–water partition coefficient (Wildman–Crippen LogP) is 0.465. The average Bonchev–Trinajstić information content (AvgIpc) is 1.90. The van der Waals surface area contributed by atoms with Crippen LogP contribution in [0.15, 0.2) is 0 Å². The monoisotopic (exact) mass is 216 g/mol. The summed E-state index contributed by atoms with van der Waals surface area (Å²) >= 11 is 0. The molecule has 0 aromatic heterocycles. The third-order valence-corrected chi connectivity index (χ3v) is 1.34. The van der Waals surface area contributed by atoms with Crippen molar-refractivity contribution in [2.24, 2.45) is 0 Å². The van der Waals surface area contributed by atoms with Gasteiger partial charge in [-0.3, -0.25) is 0 Å². The van der Waals surface area contributed by atoms with Gasteiger partial charge >= 0.3 is 0 Å². The Morgan fingerprint density at radius 3 is 1.15 bits per heavy atom. The third-order valence-electron chi connectivity index (χ3n) is 1.34. The minimum atomic E-state index is -3.37. The van der Waals surface area contributed by atoms with Crippen molar-refractivity contribution in [3.8, 4) is 0 Å². The summed E-state index contributed by atoms with van der Waals surface area (Å²) in [6.45, 7) is 10.1. The van der Waals surface area contributed by atoms with Crippen molar-refractivity contribution < 1.29 is 14.4 Å². The van der Waals surface area contributed by atoms with Gasteiger partial charge in [0.1, 0.15) is 0 Å². The van der Waals surface area contributed by atoms with Gasteiger partial charge in [-0.2, -0.15) is 0 Å². The van der Waals surface area contributed by atoms with Crippen molar-refractivity contribution in [1.29, 1.82) is 0 Å². The van der Waals surface area contributed by atoms with Crippen molar-refractivity contribution in [2.45, 2.75) is 20.8 Å². The zero-order valence-corrected chi connectivity index (χ0v) is 10.1. The summed E-state index contributed by atoms with van der Waals surface area (Å²) in [6, 6.07) is 0. The van der Waals surface area contributed by atoms with Gasteiger partial charge in [-0.15, -0.1) is 0 Å².